The Bertz CT molecular complexity index is 1140. The quantitative estimate of drug-likeness (QED) is 0.557. The Morgan fingerprint density at radius 2 is 2.04 bits per heavy atom. The first-order valence-corrected chi connectivity index (χ1v) is 7.54. The van der Waals surface area contributed by atoms with Gasteiger partial charge in [0.2, 0.25) is 0 Å². The van der Waals surface area contributed by atoms with Crippen LogP contribution >= 0.6 is 11.6 Å². The second-order valence-electron chi connectivity index (χ2n) is 5.33. The van der Waals surface area contributed by atoms with E-state index in [1.54, 1.807) is 6.20 Å². The van der Waals surface area contributed by atoms with Crippen LogP contribution in [0, 0.1) is 0 Å². The van der Waals surface area contributed by atoms with Crippen molar-refractivity contribution in [2.75, 3.05) is 6.54 Å². The Morgan fingerprint density at radius 1 is 1.22 bits per heavy atom. The van der Waals surface area contributed by atoms with Gasteiger partial charge in [0, 0.05) is 23.2 Å². The summed E-state index contributed by atoms with van der Waals surface area (Å²) in [5, 5.41) is 11.3. The molecule has 0 atom stereocenters. The number of H-pyrrole nitrogens is 1. The zero-order valence-corrected chi connectivity index (χ0v) is 12.8. The Morgan fingerprint density at radius 3 is 2.87 bits per heavy atom. The number of halogens is 1. The minimum Gasteiger partial charge on any atom is -0.327 e. The van der Waals surface area contributed by atoms with Crippen LogP contribution in [0.4, 0.5) is 0 Å². The fourth-order valence-corrected chi connectivity index (χ4v) is 3.02. The minimum absolute atomic E-state index is 0.268. The maximum atomic E-state index is 11.9. The highest BCUT2D eigenvalue weighted by Crippen LogP contribution is 2.29. The topological polar surface area (TPSA) is 76.2 Å². The van der Waals surface area contributed by atoms with Crippen LogP contribution in [-0.4, -0.2) is 21.1 Å². The Kier molecular flexibility index (Phi) is 3.18. The first-order chi connectivity index (χ1) is 11.2. The van der Waals surface area contributed by atoms with Crippen LogP contribution in [0.25, 0.3) is 33.3 Å². The lowest BCUT2D eigenvalue weighted by Gasteiger charge is -2.07. The third kappa shape index (κ3) is 2.21. The predicted octanol–water partition coefficient (Wildman–Crippen LogP) is 2.95. The van der Waals surface area contributed by atoms with Crippen molar-refractivity contribution < 1.29 is 0 Å². The molecule has 0 bridgehead atoms. The summed E-state index contributed by atoms with van der Waals surface area (Å²) in [6.45, 7) is 0.434. The molecule has 0 amide bonds. The van der Waals surface area contributed by atoms with E-state index < -0.39 is 0 Å². The van der Waals surface area contributed by atoms with Crippen molar-refractivity contribution in [1.82, 2.24) is 14.6 Å². The van der Waals surface area contributed by atoms with Gasteiger partial charge in [-0.1, -0.05) is 29.8 Å². The maximum absolute atomic E-state index is 11.9. The molecule has 0 fully saturated rings. The lowest BCUT2D eigenvalue weighted by Crippen LogP contribution is -2.09. The SMILES string of the molecule is NCC=Cc1cn2c(=O)[nH]nc2c2cc3cc(Cl)ccc3cc12. The number of aromatic amines is 1. The first kappa shape index (κ1) is 14.0. The smallest absolute Gasteiger partial charge is 0.327 e. The third-order valence-corrected chi connectivity index (χ3v) is 4.13. The van der Waals surface area contributed by atoms with Crippen LogP contribution in [0.3, 0.4) is 0 Å². The summed E-state index contributed by atoms with van der Waals surface area (Å²) in [6.07, 6.45) is 5.55. The lowest BCUT2D eigenvalue weighted by atomic mass is 10.0. The molecule has 23 heavy (non-hydrogen) atoms. The van der Waals surface area contributed by atoms with Gasteiger partial charge in [-0.2, -0.15) is 5.10 Å². The van der Waals surface area contributed by atoms with E-state index in [0.717, 1.165) is 27.1 Å². The lowest BCUT2D eigenvalue weighted by molar-refractivity contribution is 1.02. The molecule has 5 nitrogen and oxygen atoms in total. The van der Waals surface area contributed by atoms with Gasteiger partial charge in [-0.25, -0.2) is 14.3 Å². The van der Waals surface area contributed by atoms with Gasteiger partial charge in [-0.3, -0.25) is 0 Å². The van der Waals surface area contributed by atoms with Crippen molar-refractivity contribution in [3.8, 4) is 0 Å². The molecule has 0 saturated carbocycles. The van der Waals surface area contributed by atoms with E-state index in [2.05, 4.69) is 16.3 Å². The number of nitrogens with two attached hydrogens (primary N) is 1. The number of rotatable bonds is 2. The molecule has 0 aliphatic rings. The van der Waals surface area contributed by atoms with E-state index in [1.807, 2.05) is 36.4 Å². The van der Waals surface area contributed by atoms with Crippen molar-refractivity contribution in [3.05, 3.63) is 63.7 Å². The molecule has 2 aromatic carbocycles. The number of nitrogens with zero attached hydrogens (tertiary/aromatic N) is 2. The number of fused-ring (bicyclic) bond motifs is 4. The van der Waals surface area contributed by atoms with Crippen LogP contribution in [0.1, 0.15) is 5.56 Å². The molecule has 0 saturated heterocycles. The number of nitrogens with one attached hydrogen (secondary N) is 1. The molecule has 4 rings (SSSR count). The molecule has 0 unspecified atom stereocenters. The second kappa shape index (κ2) is 5.22. The zero-order chi connectivity index (χ0) is 16.0. The molecule has 0 aliphatic carbocycles. The minimum atomic E-state index is -0.268. The summed E-state index contributed by atoms with van der Waals surface area (Å²) in [5.74, 6) is 0. The maximum Gasteiger partial charge on any atom is 0.347 e. The van der Waals surface area contributed by atoms with E-state index in [1.165, 1.54) is 4.40 Å². The van der Waals surface area contributed by atoms with Crippen molar-refractivity contribution in [2.24, 2.45) is 5.73 Å². The Balaban J connectivity index is 2.21. The van der Waals surface area contributed by atoms with Crippen LogP contribution in [-0.2, 0) is 0 Å². The molecule has 0 radical (unpaired) electrons. The summed E-state index contributed by atoms with van der Waals surface area (Å²) in [7, 11) is 0. The van der Waals surface area contributed by atoms with Crippen LogP contribution < -0.4 is 11.4 Å². The van der Waals surface area contributed by atoms with Crippen LogP contribution in [0.15, 0.2) is 47.4 Å². The van der Waals surface area contributed by atoms with Gasteiger partial charge < -0.3 is 5.73 Å². The largest absolute Gasteiger partial charge is 0.347 e. The number of hydrogen-bond acceptors (Lipinski definition) is 3. The molecule has 6 heteroatoms. The number of pyridine rings is 1. The molecule has 114 valence electrons. The molecular formula is C17H13ClN4O. The molecule has 3 N–H and O–H groups in total. The number of hydrogen-bond donors (Lipinski definition) is 2. The molecule has 2 aromatic heterocycles. The van der Waals surface area contributed by atoms with Crippen LogP contribution in [0.2, 0.25) is 5.02 Å². The fourth-order valence-electron chi connectivity index (χ4n) is 2.84. The normalized spacial score (nSPS) is 12.1. The Labute approximate surface area is 136 Å². The summed E-state index contributed by atoms with van der Waals surface area (Å²) in [5.41, 5.74) is 6.80. The van der Waals surface area contributed by atoms with E-state index >= 15 is 0 Å². The van der Waals surface area contributed by atoms with Gasteiger partial charge in [0.25, 0.3) is 0 Å². The summed E-state index contributed by atoms with van der Waals surface area (Å²) in [6, 6.07) is 9.83. The Hall–Kier alpha value is -2.63. The molecule has 4 aromatic rings. The van der Waals surface area contributed by atoms with Gasteiger partial charge in [0.15, 0.2) is 5.65 Å². The van der Waals surface area contributed by atoms with E-state index in [4.69, 9.17) is 17.3 Å². The molecule has 0 aliphatic heterocycles. The van der Waals surface area contributed by atoms with Gasteiger partial charge in [0.05, 0.1) is 0 Å². The zero-order valence-electron chi connectivity index (χ0n) is 12.1. The van der Waals surface area contributed by atoms with Crippen molar-refractivity contribution in [2.45, 2.75) is 0 Å². The highest BCUT2D eigenvalue weighted by Gasteiger charge is 2.10. The highest BCUT2D eigenvalue weighted by atomic mass is 35.5. The van der Waals surface area contributed by atoms with Crippen molar-refractivity contribution >= 4 is 44.9 Å². The highest BCUT2D eigenvalue weighted by molar-refractivity contribution is 6.31. The van der Waals surface area contributed by atoms with Crippen molar-refractivity contribution in [1.29, 1.82) is 0 Å². The average Bonchev–Trinajstić information content (AvgIpc) is 2.92. The summed E-state index contributed by atoms with van der Waals surface area (Å²) in [4.78, 5) is 11.9. The standard InChI is InChI=1S/C17H13ClN4O/c18-13-4-3-10-7-14-11(2-1-5-19)9-22-16(20-21-17(22)23)15(14)8-12(10)6-13/h1-4,6-9H,5,19H2,(H,21,23). The monoisotopic (exact) mass is 324 g/mol. The molecular weight excluding hydrogens is 312 g/mol. The molecule has 0 spiro atoms. The van der Waals surface area contributed by atoms with Gasteiger partial charge >= 0.3 is 5.69 Å². The third-order valence-electron chi connectivity index (χ3n) is 3.90. The van der Waals surface area contributed by atoms with Crippen LogP contribution in [0.5, 0.6) is 0 Å². The van der Waals surface area contributed by atoms with Gasteiger partial charge in [-0.15, -0.1) is 0 Å². The number of benzene rings is 2. The number of aromatic nitrogens is 3. The van der Waals surface area contributed by atoms with E-state index in [9.17, 15) is 4.79 Å². The van der Waals surface area contributed by atoms with Gasteiger partial charge in [0.1, 0.15) is 0 Å². The predicted molar refractivity (Wildman–Crippen MR) is 93.9 cm³/mol. The first-order valence-electron chi connectivity index (χ1n) is 7.17. The van der Waals surface area contributed by atoms with E-state index in [-0.39, 0.29) is 5.69 Å². The summed E-state index contributed by atoms with van der Waals surface area (Å²) < 4.78 is 1.51. The summed E-state index contributed by atoms with van der Waals surface area (Å²) >= 11 is 6.09. The van der Waals surface area contributed by atoms with E-state index in [0.29, 0.717) is 17.2 Å². The average molecular weight is 325 g/mol. The van der Waals surface area contributed by atoms with Crippen molar-refractivity contribution in [3.63, 3.8) is 0 Å². The molecule has 2 heterocycles. The second-order valence-corrected chi connectivity index (χ2v) is 5.77. The van der Waals surface area contributed by atoms with Gasteiger partial charge in [-0.05, 0) is 46.0 Å². The fraction of sp³-hybridized carbons (Fsp3) is 0.0588.